The summed E-state index contributed by atoms with van der Waals surface area (Å²) in [5, 5.41) is 4.48. The standard InChI is InChI=1S/C28H31ClN2O/c1-20-14-21(2)16-24(15-20)28(32)31-13-12-25(30-19-23-10-6-7-11-27(23)29)18-26(31)17-22-8-4-3-5-9-22/h3-11,14-16,25-26,30H,12-13,17-19H2,1-2H3/t25-,26-/m0/s1. The zero-order valence-electron chi connectivity index (χ0n) is 18.9. The summed E-state index contributed by atoms with van der Waals surface area (Å²) in [6.07, 6.45) is 2.73. The molecule has 3 nitrogen and oxygen atoms in total. The van der Waals surface area contributed by atoms with Crippen molar-refractivity contribution < 1.29 is 4.79 Å². The Hall–Kier alpha value is -2.62. The number of amides is 1. The van der Waals surface area contributed by atoms with Crippen molar-refractivity contribution in [3.8, 4) is 0 Å². The minimum atomic E-state index is 0.141. The van der Waals surface area contributed by atoms with Gasteiger partial charge in [-0.25, -0.2) is 0 Å². The molecule has 32 heavy (non-hydrogen) atoms. The minimum Gasteiger partial charge on any atom is -0.335 e. The number of carbonyl (C=O) groups excluding carboxylic acids is 1. The van der Waals surface area contributed by atoms with E-state index in [9.17, 15) is 4.79 Å². The van der Waals surface area contributed by atoms with Gasteiger partial charge in [0.05, 0.1) is 0 Å². The van der Waals surface area contributed by atoms with E-state index in [1.54, 1.807) is 0 Å². The topological polar surface area (TPSA) is 32.3 Å². The van der Waals surface area contributed by atoms with Gasteiger partial charge in [0.15, 0.2) is 0 Å². The molecule has 1 N–H and O–H groups in total. The van der Waals surface area contributed by atoms with Crippen LogP contribution in [-0.4, -0.2) is 29.4 Å². The number of likely N-dealkylation sites (tertiary alicyclic amines) is 1. The van der Waals surface area contributed by atoms with Crippen molar-refractivity contribution in [2.75, 3.05) is 6.54 Å². The monoisotopic (exact) mass is 446 g/mol. The Kier molecular flexibility index (Phi) is 7.29. The van der Waals surface area contributed by atoms with Crippen LogP contribution in [0.15, 0.2) is 72.8 Å². The normalized spacial score (nSPS) is 18.5. The lowest BCUT2D eigenvalue weighted by Gasteiger charge is -2.40. The Bertz CT molecular complexity index is 1050. The maximum atomic E-state index is 13.5. The Balaban J connectivity index is 1.51. The van der Waals surface area contributed by atoms with E-state index in [1.165, 1.54) is 5.56 Å². The molecule has 0 spiro atoms. The summed E-state index contributed by atoms with van der Waals surface area (Å²) in [7, 11) is 0. The third-order valence-corrected chi connectivity index (χ3v) is 6.67. The number of rotatable bonds is 6. The largest absolute Gasteiger partial charge is 0.335 e. The zero-order chi connectivity index (χ0) is 22.5. The fourth-order valence-corrected chi connectivity index (χ4v) is 4.95. The summed E-state index contributed by atoms with van der Waals surface area (Å²) in [6.45, 7) is 5.60. The average Bonchev–Trinajstić information content (AvgIpc) is 2.78. The Morgan fingerprint density at radius 1 is 1.00 bits per heavy atom. The van der Waals surface area contributed by atoms with Crippen LogP contribution in [0, 0.1) is 13.8 Å². The summed E-state index contributed by atoms with van der Waals surface area (Å²) in [5.41, 5.74) is 5.43. The Morgan fingerprint density at radius 3 is 2.41 bits per heavy atom. The summed E-state index contributed by atoms with van der Waals surface area (Å²) < 4.78 is 0. The van der Waals surface area contributed by atoms with Crippen LogP contribution in [-0.2, 0) is 13.0 Å². The summed E-state index contributed by atoms with van der Waals surface area (Å²) >= 11 is 6.34. The molecule has 3 aromatic carbocycles. The van der Waals surface area contributed by atoms with E-state index in [-0.39, 0.29) is 11.9 Å². The van der Waals surface area contributed by atoms with Crippen LogP contribution in [0.25, 0.3) is 0 Å². The van der Waals surface area contributed by atoms with Crippen LogP contribution in [0.3, 0.4) is 0 Å². The number of piperidine rings is 1. The van der Waals surface area contributed by atoms with Crippen LogP contribution >= 0.6 is 11.6 Å². The molecule has 0 aliphatic carbocycles. The van der Waals surface area contributed by atoms with Crippen molar-refractivity contribution in [2.24, 2.45) is 0 Å². The lowest BCUT2D eigenvalue weighted by molar-refractivity contribution is 0.0576. The van der Waals surface area contributed by atoms with Gasteiger partial charge in [-0.15, -0.1) is 0 Å². The number of hydrogen-bond donors (Lipinski definition) is 1. The van der Waals surface area contributed by atoms with Crippen LogP contribution < -0.4 is 5.32 Å². The van der Waals surface area contributed by atoms with E-state index in [4.69, 9.17) is 11.6 Å². The molecule has 1 aliphatic rings. The highest BCUT2D eigenvalue weighted by atomic mass is 35.5. The highest BCUT2D eigenvalue weighted by Crippen LogP contribution is 2.25. The molecule has 2 atom stereocenters. The second kappa shape index (κ2) is 10.3. The van der Waals surface area contributed by atoms with Crippen LogP contribution in [0.4, 0.5) is 0 Å². The van der Waals surface area contributed by atoms with Gasteiger partial charge in [-0.2, -0.15) is 0 Å². The second-order valence-electron chi connectivity index (χ2n) is 8.91. The molecule has 1 heterocycles. The second-order valence-corrected chi connectivity index (χ2v) is 9.32. The molecule has 1 saturated heterocycles. The van der Waals surface area contributed by atoms with E-state index in [0.29, 0.717) is 6.04 Å². The number of nitrogens with zero attached hydrogens (tertiary/aromatic N) is 1. The molecule has 1 amide bonds. The van der Waals surface area contributed by atoms with Gasteiger partial charge in [0, 0.05) is 35.8 Å². The van der Waals surface area contributed by atoms with Gasteiger partial charge in [-0.3, -0.25) is 4.79 Å². The molecule has 3 aromatic rings. The fourth-order valence-electron chi connectivity index (χ4n) is 4.74. The molecule has 4 heteroatoms. The quantitative estimate of drug-likeness (QED) is 0.506. The predicted octanol–water partition coefficient (Wildman–Crippen LogP) is 5.96. The van der Waals surface area contributed by atoms with Crippen molar-refractivity contribution in [2.45, 2.75) is 51.7 Å². The first-order chi connectivity index (χ1) is 15.5. The van der Waals surface area contributed by atoms with E-state index in [1.807, 2.05) is 36.4 Å². The molecule has 0 bridgehead atoms. The average molecular weight is 447 g/mol. The van der Waals surface area contributed by atoms with Gasteiger partial charge < -0.3 is 10.2 Å². The number of nitrogens with one attached hydrogen (secondary N) is 1. The molecule has 1 fully saturated rings. The van der Waals surface area contributed by atoms with E-state index < -0.39 is 0 Å². The minimum absolute atomic E-state index is 0.141. The van der Waals surface area contributed by atoms with Crippen molar-refractivity contribution in [3.05, 3.63) is 106 Å². The number of benzene rings is 3. The van der Waals surface area contributed by atoms with Gasteiger partial charge in [0.25, 0.3) is 5.91 Å². The SMILES string of the molecule is Cc1cc(C)cc(C(=O)N2CC[C@H](NCc3ccccc3Cl)C[C@@H]2Cc2ccccc2)c1. The first-order valence-electron chi connectivity index (χ1n) is 11.4. The van der Waals surface area contributed by atoms with Gasteiger partial charge in [-0.05, 0) is 62.4 Å². The third-order valence-electron chi connectivity index (χ3n) is 6.30. The number of carbonyl (C=O) groups is 1. The molecule has 0 unspecified atom stereocenters. The number of aryl methyl sites for hydroxylation is 2. The maximum absolute atomic E-state index is 13.5. The first kappa shape index (κ1) is 22.6. The van der Waals surface area contributed by atoms with Gasteiger partial charge in [-0.1, -0.05) is 77.3 Å². The molecule has 4 rings (SSSR count). The fraction of sp³-hybridized carbons (Fsp3) is 0.321. The number of hydrogen-bond acceptors (Lipinski definition) is 2. The van der Waals surface area contributed by atoms with Gasteiger partial charge in [0.2, 0.25) is 0 Å². The number of halogens is 1. The van der Waals surface area contributed by atoms with E-state index >= 15 is 0 Å². The predicted molar refractivity (Wildman–Crippen MR) is 132 cm³/mol. The van der Waals surface area contributed by atoms with Gasteiger partial charge in [0.1, 0.15) is 0 Å². The van der Waals surface area contributed by atoms with E-state index in [2.05, 4.69) is 60.5 Å². The van der Waals surface area contributed by atoms with Crippen molar-refractivity contribution in [1.29, 1.82) is 0 Å². The lowest BCUT2D eigenvalue weighted by atomic mass is 9.91. The van der Waals surface area contributed by atoms with Crippen molar-refractivity contribution >= 4 is 17.5 Å². The molecule has 0 aromatic heterocycles. The first-order valence-corrected chi connectivity index (χ1v) is 11.8. The maximum Gasteiger partial charge on any atom is 0.254 e. The summed E-state index contributed by atoms with van der Waals surface area (Å²) in [4.78, 5) is 15.6. The van der Waals surface area contributed by atoms with Crippen LogP contribution in [0.1, 0.15) is 45.5 Å². The molecule has 0 saturated carbocycles. The van der Waals surface area contributed by atoms with Gasteiger partial charge >= 0.3 is 0 Å². The Morgan fingerprint density at radius 2 is 1.69 bits per heavy atom. The van der Waals surface area contributed by atoms with Crippen LogP contribution in [0.2, 0.25) is 5.02 Å². The summed E-state index contributed by atoms with van der Waals surface area (Å²) in [6, 6.07) is 25.1. The molecule has 1 aliphatic heterocycles. The summed E-state index contributed by atoms with van der Waals surface area (Å²) in [5.74, 6) is 0.141. The third kappa shape index (κ3) is 5.59. The highest BCUT2D eigenvalue weighted by Gasteiger charge is 2.32. The zero-order valence-corrected chi connectivity index (χ0v) is 19.6. The lowest BCUT2D eigenvalue weighted by Crippen LogP contribution is -2.51. The molecular formula is C28H31ClN2O. The molecule has 0 radical (unpaired) electrons. The van der Waals surface area contributed by atoms with Crippen LogP contribution in [0.5, 0.6) is 0 Å². The Labute approximate surface area is 196 Å². The van der Waals surface area contributed by atoms with Crippen molar-refractivity contribution in [1.82, 2.24) is 10.2 Å². The van der Waals surface area contributed by atoms with E-state index in [0.717, 1.165) is 59.6 Å². The smallest absolute Gasteiger partial charge is 0.254 e. The molecule has 166 valence electrons. The highest BCUT2D eigenvalue weighted by molar-refractivity contribution is 6.31. The molecular weight excluding hydrogens is 416 g/mol. The van der Waals surface area contributed by atoms with Crippen molar-refractivity contribution in [3.63, 3.8) is 0 Å².